The molecule has 1 aromatic rings. The molecule has 1 amide bonds. The van der Waals surface area contributed by atoms with Crippen molar-refractivity contribution in [2.24, 2.45) is 11.7 Å². The van der Waals surface area contributed by atoms with Crippen molar-refractivity contribution in [2.45, 2.75) is 32.4 Å². The van der Waals surface area contributed by atoms with Crippen molar-refractivity contribution in [1.29, 1.82) is 0 Å². The summed E-state index contributed by atoms with van der Waals surface area (Å²) in [6.07, 6.45) is 0.681. The van der Waals surface area contributed by atoms with Crippen LogP contribution in [0.2, 0.25) is 5.02 Å². The summed E-state index contributed by atoms with van der Waals surface area (Å²) in [7, 11) is 0. The summed E-state index contributed by atoms with van der Waals surface area (Å²) in [5, 5.41) is 3.72. The second-order valence-electron chi connectivity index (χ2n) is 6.67. The number of hydrogen-bond acceptors (Lipinski definition) is 4. The standard InChI is InChI=1S/C18H28ClN3O2.2ClH/c1-13(2)11-16(20)18(23)21-12-17(22-7-9-24-10-8-22)14-5-3-4-6-15(14)19;;/h3-6,13,16-17H,7-12,20H2,1-2H3,(H,21,23);2*1H/t16-,17?;;/m0../s1. The number of benzene rings is 1. The van der Waals surface area contributed by atoms with E-state index in [1.165, 1.54) is 0 Å². The van der Waals surface area contributed by atoms with E-state index in [0.29, 0.717) is 32.1 Å². The van der Waals surface area contributed by atoms with Gasteiger partial charge in [-0.15, -0.1) is 24.8 Å². The molecule has 2 atom stereocenters. The second-order valence-corrected chi connectivity index (χ2v) is 7.07. The molecule has 8 heteroatoms. The molecule has 0 spiro atoms. The number of ether oxygens (including phenoxy) is 1. The van der Waals surface area contributed by atoms with Crippen LogP contribution in [-0.2, 0) is 9.53 Å². The van der Waals surface area contributed by atoms with Crippen LogP contribution in [0.4, 0.5) is 0 Å². The van der Waals surface area contributed by atoms with E-state index >= 15 is 0 Å². The number of rotatable bonds is 7. The van der Waals surface area contributed by atoms with E-state index in [0.717, 1.165) is 23.7 Å². The smallest absolute Gasteiger partial charge is 0.236 e. The van der Waals surface area contributed by atoms with E-state index < -0.39 is 6.04 Å². The van der Waals surface area contributed by atoms with Crippen LogP contribution in [0.1, 0.15) is 31.9 Å². The van der Waals surface area contributed by atoms with Crippen LogP contribution in [0.15, 0.2) is 24.3 Å². The first-order chi connectivity index (χ1) is 11.5. The zero-order valence-electron chi connectivity index (χ0n) is 15.3. The minimum Gasteiger partial charge on any atom is -0.379 e. The molecule has 1 saturated heterocycles. The van der Waals surface area contributed by atoms with E-state index in [1.807, 2.05) is 24.3 Å². The molecule has 0 bridgehead atoms. The van der Waals surface area contributed by atoms with Crippen LogP contribution < -0.4 is 11.1 Å². The van der Waals surface area contributed by atoms with Crippen molar-refractivity contribution in [3.63, 3.8) is 0 Å². The third kappa shape index (κ3) is 7.59. The largest absolute Gasteiger partial charge is 0.379 e. The van der Waals surface area contributed by atoms with Gasteiger partial charge in [0.2, 0.25) is 5.91 Å². The summed E-state index contributed by atoms with van der Waals surface area (Å²) in [6, 6.07) is 7.35. The maximum absolute atomic E-state index is 12.3. The number of nitrogens with zero attached hydrogens (tertiary/aromatic N) is 1. The van der Waals surface area contributed by atoms with Gasteiger partial charge >= 0.3 is 0 Å². The average Bonchev–Trinajstić information content (AvgIpc) is 2.56. The van der Waals surface area contributed by atoms with Crippen LogP contribution in [0.25, 0.3) is 0 Å². The van der Waals surface area contributed by atoms with Crippen LogP contribution in [0.5, 0.6) is 0 Å². The Bertz CT molecular complexity index is 540. The lowest BCUT2D eigenvalue weighted by molar-refractivity contribution is -0.123. The molecule has 0 radical (unpaired) electrons. The molecule has 26 heavy (non-hydrogen) atoms. The van der Waals surface area contributed by atoms with Gasteiger partial charge in [-0.25, -0.2) is 0 Å². The molecular weight excluding hydrogens is 397 g/mol. The molecule has 150 valence electrons. The zero-order chi connectivity index (χ0) is 17.5. The van der Waals surface area contributed by atoms with E-state index in [2.05, 4.69) is 24.1 Å². The molecule has 2 rings (SSSR count). The second kappa shape index (κ2) is 12.8. The maximum Gasteiger partial charge on any atom is 0.236 e. The molecule has 5 nitrogen and oxygen atoms in total. The van der Waals surface area contributed by atoms with Crippen molar-refractivity contribution in [3.05, 3.63) is 34.9 Å². The SMILES string of the molecule is CC(C)C[C@H](N)C(=O)NCC(c1ccccc1Cl)N1CCOCC1.Cl.Cl. The molecule has 1 heterocycles. The predicted molar refractivity (Wildman–Crippen MR) is 112 cm³/mol. The number of carbonyl (C=O) groups excluding carboxylic acids is 1. The molecule has 1 fully saturated rings. The van der Waals surface area contributed by atoms with Gasteiger partial charge in [0.25, 0.3) is 0 Å². The first kappa shape index (κ1) is 25.4. The van der Waals surface area contributed by atoms with Gasteiger partial charge in [0.15, 0.2) is 0 Å². The van der Waals surface area contributed by atoms with E-state index in [1.54, 1.807) is 0 Å². The summed E-state index contributed by atoms with van der Waals surface area (Å²) in [4.78, 5) is 14.6. The Labute approximate surface area is 173 Å². The lowest BCUT2D eigenvalue weighted by atomic mass is 10.0. The Hall–Kier alpha value is -0.560. The summed E-state index contributed by atoms with van der Waals surface area (Å²) in [5.74, 6) is 0.290. The van der Waals surface area contributed by atoms with Crippen molar-refractivity contribution in [3.8, 4) is 0 Å². The minimum absolute atomic E-state index is 0. The Balaban J connectivity index is 0.00000312. The topological polar surface area (TPSA) is 67.6 Å². The van der Waals surface area contributed by atoms with Crippen LogP contribution in [0, 0.1) is 5.92 Å². The van der Waals surface area contributed by atoms with E-state index in [9.17, 15) is 4.79 Å². The third-order valence-corrected chi connectivity index (χ3v) is 4.63. The Morgan fingerprint density at radius 3 is 2.46 bits per heavy atom. The Kier molecular flexibility index (Phi) is 12.5. The first-order valence-corrected chi connectivity index (χ1v) is 8.96. The van der Waals surface area contributed by atoms with Crippen LogP contribution in [0.3, 0.4) is 0 Å². The highest BCUT2D eigenvalue weighted by Crippen LogP contribution is 2.27. The monoisotopic (exact) mass is 425 g/mol. The number of nitrogens with one attached hydrogen (secondary N) is 1. The van der Waals surface area contributed by atoms with Crippen LogP contribution in [-0.4, -0.2) is 49.7 Å². The van der Waals surface area contributed by atoms with Gasteiger partial charge in [0.05, 0.1) is 25.3 Å². The molecule has 1 aromatic carbocycles. The number of halogens is 3. The number of morpholine rings is 1. The highest BCUT2D eigenvalue weighted by Gasteiger charge is 2.25. The number of hydrogen-bond donors (Lipinski definition) is 2. The summed E-state index contributed by atoms with van der Waals surface area (Å²) >= 11 is 6.39. The molecule has 1 unspecified atom stereocenters. The summed E-state index contributed by atoms with van der Waals surface area (Å²) < 4.78 is 5.44. The molecule has 0 saturated carbocycles. The summed E-state index contributed by atoms with van der Waals surface area (Å²) in [6.45, 7) is 7.66. The normalized spacial score (nSPS) is 17.0. The fourth-order valence-electron chi connectivity index (χ4n) is 3.01. The maximum atomic E-state index is 12.3. The number of carbonyl (C=O) groups is 1. The third-order valence-electron chi connectivity index (χ3n) is 4.28. The first-order valence-electron chi connectivity index (χ1n) is 8.58. The van der Waals surface area contributed by atoms with Gasteiger partial charge in [0, 0.05) is 24.7 Å². The Morgan fingerprint density at radius 1 is 1.27 bits per heavy atom. The van der Waals surface area contributed by atoms with Gasteiger partial charge in [-0.05, 0) is 24.0 Å². The molecule has 0 aromatic heterocycles. The number of amides is 1. The van der Waals surface area contributed by atoms with Crippen molar-refractivity contribution in [1.82, 2.24) is 10.2 Å². The van der Waals surface area contributed by atoms with Gasteiger partial charge in [0.1, 0.15) is 0 Å². The van der Waals surface area contributed by atoms with E-state index in [-0.39, 0.29) is 36.8 Å². The van der Waals surface area contributed by atoms with Gasteiger partial charge in [-0.1, -0.05) is 43.6 Å². The minimum atomic E-state index is -0.471. The van der Waals surface area contributed by atoms with Crippen LogP contribution >= 0.6 is 36.4 Å². The summed E-state index contributed by atoms with van der Waals surface area (Å²) in [5.41, 5.74) is 7.01. The highest BCUT2D eigenvalue weighted by atomic mass is 35.5. The molecule has 3 N–H and O–H groups in total. The van der Waals surface area contributed by atoms with Gasteiger partial charge in [-0.2, -0.15) is 0 Å². The fraction of sp³-hybridized carbons (Fsp3) is 0.611. The van der Waals surface area contributed by atoms with Crippen molar-refractivity contribution in [2.75, 3.05) is 32.8 Å². The molecule has 1 aliphatic rings. The average molecular weight is 427 g/mol. The van der Waals surface area contributed by atoms with E-state index in [4.69, 9.17) is 22.1 Å². The molecular formula is C18H30Cl3N3O2. The fourth-order valence-corrected chi connectivity index (χ4v) is 3.28. The van der Waals surface area contributed by atoms with Gasteiger partial charge in [-0.3, -0.25) is 9.69 Å². The lowest BCUT2D eigenvalue weighted by Gasteiger charge is -2.35. The van der Waals surface area contributed by atoms with Gasteiger partial charge < -0.3 is 15.8 Å². The van der Waals surface area contributed by atoms with Crippen molar-refractivity contribution < 1.29 is 9.53 Å². The quantitative estimate of drug-likeness (QED) is 0.703. The Morgan fingerprint density at radius 2 is 1.88 bits per heavy atom. The predicted octanol–water partition coefficient (Wildman–Crippen LogP) is 3.05. The molecule has 1 aliphatic heterocycles. The molecule has 0 aliphatic carbocycles. The highest BCUT2D eigenvalue weighted by molar-refractivity contribution is 6.31. The lowest BCUT2D eigenvalue weighted by Crippen LogP contribution is -2.47. The van der Waals surface area contributed by atoms with Crippen molar-refractivity contribution >= 4 is 42.3 Å². The zero-order valence-corrected chi connectivity index (χ0v) is 17.7. The number of nitrogens with two attached hydrogens (primary N) is 1.